The number of benzene rings is 2. The Bertz CT molecular complexity index is 732. The average molecular weight is 352 g/mol. The van der Waals surface area contributed by atoms with Gasteiger partial charge in [-0.1, -0.05) is 34.1 Å². The van der Waals surface area contributed by atoms with Crippen LogP contribution in [0.3, 0.4) is 0 Å². The fourth-order valence-corrected chi connectivity index (χ4v) is 3.75. The molecule has 2 aromatic carbocycles. The molecule has 0 aliphatic carbocycles. The number of alkyl halides is 1. The quantitative estimate of drug-likeness (QED) is 0.475. The van der Waals surface area contributed by atoms with Crippen molar-refractivity contribution in [2.75, 3.05) is 0 Å². The van der Waals surface area contributed by atoms with Gasteiger partial charge in [-0.15, -0.1) is 22.9 Å². The second kappa shape index (κ2) is 5.28. The molecule has 0 fully saturated rings. The average Bonchev–Trinajstić information content (AvgIpc) is 2.84. The first-order chi connectivity index (χ1) is 9.13. The topological polar surface area (TPSA) is 0 Å². The van der Waals surface area contributed by atoms with Crippen LogP contribution >= 0.6 is 38.9 Å². The third-order valence-electron chi connectivity index (χ3n) is 3.13. The van der Waals surface area contributed by atoms with E-state index in [2.05, 4.69) is 71.4 Å². The molecule has 3 aromatic rings. The summed E-state index contributed by atoms with van der Waals surface area (Å²) in [7, 11) is 0. The molecule has 1 aromatic heterocycles. The molecule has 0 radical (unpaired) electrons. The Morgan fingerprint density at radius 2 is 1.74 bits per heavy atom. The molecule has 0 spiro atoms. The number of thiophene rings is 1. The standard InChI is InChI=1S/C16H12BrClS/c1-10-2-7-15(19-10)16(18)13-4-3-12-9-14(17)6-5-11(12)8-13/h2-9,16H,1H3. The van der Waals surface area contributed by atoms with E-state index < -0.39 is 0 Å². The highest BCUT2D eigenvalue weighted by Gasteiger charge is 2.13. The molecule has 0 saturated heterocycles. The van der Waals surface area contributed by atoms with E-state index in [1.807, 2.05) is 0 Å². The lowest BCUT2D eigenvalue weighted by Crippen LogP contribution is -1.90. The van der Waals surface area contributed by atoms with E-state index in [1.165, 1.54) is 20.5 Å². The zero-order valence-electron chi connectivity index (χ0n) is 10.4. The number of hydrogen-bond acceptors (Lipinski definition) is 1. The van der Waals surface area contributed by atoms with Gasteiger partial charge in [0.2, 0.25) is 0 Å². The molecule has 0 aliphatic rings. The van der Waals surface area contributed by atoms with Gasteiger partial charge in [-0.05, 0) is 53.6 Å². The third-order valence-corrected chi connectivity index (χ3v) is 5.31. The van der Waals surface area contributed by atoms with E-state index in [4.69, 9.17) is 11.6 Å². The molecule has 0 nitrogen and oxygen atoms in total. The van der Waals surface area contributed by atoms with Gasteiger partial charge in [0.25, 0.3) is 0 Å². The van der Waals surface area contributed by atoms with Gasteiger partial charge in [0.1, 0.15) is 0 Å². The number of halogens is 2. The summed E-state index contributed by atoms with van der Waals surface area (Å²) < 4.78 is 1.10. The van der Waals surface area contributed by atoms with Gasteiger partial charge in [-0.25, -0.2) is 0 Å². The van der Waals surface area contributed by atoms with Gasteiger partial charge in [-0.2, -0.15) is 0 Å². The summed E-state index contributed by atoms with van der Waals surface area (Å²) in [5, 5.41) is 2.38. The second-order valence-electron chi connectivity index (χ2n) is 4.56. The lowest BCUT2D eigenvalue weighted by molar-refractivity contribution is 1.19. The smallest absolute Gasteiger partial charge is 0.0928 e. The van der Waals surface area contributed by atoms with Crippen LogP contribution in [0.4, 0.5) is 0 Å². The van der Waals surface area contributed by atoms with Crippen molar-refractivity contribution in [1.82, 2.24) is 0 Å². The first-order valence-corrected chi connectivity index (χ1v) is 8.08. The number of rotatable bonds is 2. The van der Waals surface area contributed by atoms with Gasteiger partial charge in [0.05, 0.1) is 5.38 Å². The van der Waals surface area contributed by atoms with Crippen molar-refractivity contribution in [3.05, 3.63) is 68.3 Å². The number of hydrogen-bond donors (Lipinski definition) is 0. The van der Waals surface area contributed by atoms with Crippen molar-refractivity contribution >= 4 is 49.6 Å². The first kappa shape index (κ1) is 13.2. The Balaban J connectivity index is 2.03. The lowest BCUT2D eigenvalue weighted by Gasteiger charge is -2.09. The fourth-order valence-electron chi connectivity index (χ4n) is 2.15. The zero-order chi connectivity index (χ0) is 13.4. The van der Waals surface area contributed by atoms with Crippen LogP contribution < -0.4 is 0 Å². The van der Waals surface area contributed by atoms with Gasteiger partial charge < -0.3 is 0 Å². The predicted octanol–water partition coefficient (Wildman–Crippen LogP) is 6.30. The summed E-state index contributed by atoms with van der Waals surface area (Å²) >= 11 is 11.8. The maximum absolute atomic E-state index is 6.58. The van der Waals surface area contributed by atoms with Crippen molar-refractivity contribution in [2.24, 2.45) is 0 Å². The normalized spacial score (nSPS) is 12.8. The molecule has 0 N–H and O–H groups in total. The van der Waals surface area contributed by atoms with Gasteiger partial charge >= 0.3 is 0 Å². The molecule has 19 heavy (non-hydrogen) atoms. The van der Waals surface area contributed by atoms with E-state index in [0.717, 1.165) is 10.0 Å². The van der Waals surface area contributed by atoms with Gasteiger partial charge in [-0.3, -0.25) is 0 Å². The number of aryl methyl sites for hydroxylation is 1. The van der Waals surface area contributed by atoms with E-state index in [9.17, 15) is 0 Å². The van der Waals surface area contributed by atoms with Crippen LogP contribution in [0.5, 0.6) is 0 Å². The lowest BCUT2D eigenvalue weighted by atomic mass is 10.0. The maximum atomic E-state index is 6.58. The molecule has 1 heterocycles. The van der Waals surface area contributed by atoms with Crippen LogP contribution in [-0.4, -0.2) is 0 Å². The fraction of sp³-hybridized carbons (Fsp3) is 0.125. The highest BCUT2D eigenvalue weighted by molar-refractivity contribution is 9.10. The summed E-state index contributed by atoms with van der Waals surface area (Å²) in [6, 6.07) is 17.0. The second-order valence-corrected chi connectivity index (χ2v) is 7.23. The largest absolute Gasteiger partial charge is 0.144 e. The first-order valence-electron chi connectivity index (χ1n) is 6.03. The van der Waals surface area contributed by atoms with Crippen molar-refractivity contribution < 1.29 is 0 Å². The highest BCUT2D eigenvalue weighted by Crippen LogP contribution is 2.35. The monoisotopic (exact) mass is 350 g/mol. The maximum Gasteiger partial charge on any atom is 0.0928 e. The molecule has 0 amide bonds. The Morgan fingerprint density at radius 3 is 2.47 bits per heavy atom. The molecular weight excluding hydrogens is 340 g/mol. The number of fused-ring (bicyclic) bond motifs is 1. The van der Waals surface area contributed by atoms with E-state index in [-0.39, 0.29) is 5.38 Å². The molecule has 1 unspecified atom stereocenters. The minimum absolute atomic E-state index is 0.0632. The molecule has 3 heteroatoms. The van der Waals surface area contributed by atoms with Crippen LogP contribution in [0.15, 0.2) is 53.0 Å². The van der Waals surface area contributed by atoms with Crippen LogP contribution in [-0.2, 0) is 0 Å². The zero-order valence-corrected chi connectivity index (χ0v) is 13.5. The highest BCUT2D eigenvalue weighted by atomic mass is 79.9. The van der Waals surface area contributed by atoms with Crippen molar-refractivity contribution in [1.29, 1.82) is 0 Å². The predicted molar refractivity (Wildman–Crippen MR) is 88.4 cm³/mol. The summed E-state index contributed by atoms with van der Waals surface area (Å²) in [4.78, 5) is 2.50. The third kappa shape index (κ3) is 2.71. The summed E-state index contributed by atoms with van der Waals surface area (Å²) in [5.41, 5.74) is 1.15. The Kier molecular flexibility index (Phi) is 3.66. The molecule has 0 saturated carbocycles. The minimum atomic E-state index is -0.0632. The Hall–Kier alpha value is -0.830. The van der Waals surface area contributed by atoms with Crippen LogP contribution in [0.1, 0.15) is 20.7 Å². The molecule has 96 valence electrons. The molecular formula is C16H12BrClS. The SMILES string of the molecule is Cc1ccc(C(Cl)c2ccc3cc(Br)ccc3c2)s1. The summed E-state index contributed by atoms with van der Waals surface area (Å²) in [6.45, 7) is 2.11. The molecule has 3 rings (SSSR count). The molecule has 0 aliphatic heterocycles. The molecule has 1 atom stereocenters. The van der Waals surface area contributed by atoms with Gasteiger partial charge in [0, 0.05) is 14.2 Å². The van der Waals surface area contributed by atoms with E-state index in [1.54, 1.807) is 11.3 Å². The van der Waals surface area contributed by atoms with Crippen molar-refractivity contribution in [2.45, 2.75) is 12.3 Å². The van der Waals surface area contributed by atoms with Crippen molar-refractivity contribution in [3.63, 3.8) is 0 Å². The van der Waals surface area contributed by atoms with Crippen LogP contribution in [0, 0.1) is 6.92 Å². The van der Waals surface area contributed by atoms with Crippen LogP contribution in [0.25, 0.3) is 10.8 Å². The van der Waals surface area contributed by atoms with Crippen molar-refractivity contribution in [3.8, 4) is 0 Å². The molecule has 0 bridgehead atoms. The summed E-state index contributed by atoms with van der Waals surface area (Å²) in [5.74, 6) is 0. The minimum Gasteiger partial charge on any atom is -0.144 e. The Labute approximate surface area is 130 Å². The summed E-state index contributed by atoms with van der Waals surface area (Å²) in [6.07, 6.45) is 0. The Morgan fingerprint density at radius 1 is 1.00 bits per heavy atom. The van der Waals surface area contributed by atoms with E-state index >= 15 is 0 Å². The van der Waals surface area contributed by atoms with Gasteiger partial charge in [0.15, 0.2) is 0 Å². The van der Waals surface area contributed by atoms with Crippen LogP contribution in [0.2, 0.25) is 0 Å². The van der Waals surface area contributed by atoms with E-state index in [0.29, 0.717) is 0 Å².